The Labute approximate surface area is 252 Å². The lowest BCUT2D eigenvalue weighted by Crippen LogP contribution is -2.00. The van der Waals surface area contributed by atoms with Gasteiger partial charge < -0.3 is 9.13 Å². The fourth-order valence-corrected chi connectivity index (χ4v) is 6.80. The number of nitrogens with zero attached hydrogens (tertiary/aromatic N) is 2. The Bertz CT molecular complexity index is 2020. The van der Waals surface area contributed by atoms with Crippen LogP contribution in [0.2, 0.25) is 0 Å². The highest BCUT2D eigenvalue weighted by Crippen LogP contribution is 2.37. The minimum atomic E-state index is 0.686. The van der Waals surface area contributed by atoms with Gasteiger partial charge in [0.15, 0.2) is 0 Å². The summed E-state index contributed by atoms with van der Waals surface area (Å²) < 4.78 is 4.87. The van der Waals surface area contributed by atoms with Crippen LogP contribution in [-0.4, -0.2) is 9.13 Å². The number of rotatable bonds is 6. The zero-order valence-corrected chi connectivity index (χ0v) is 24.7. The van der Waals surface area contributed by atoms with Crippen molar-refractivity contribution in [2.75, 3.05) is 0 Å². The van der Waals surface area contributed by atoms with Gasteiger partial charge in [-0.3, -0.25) is 0 Å². The highest BCUT2D eigenvalue weighted by molar-refractivity contribution is 6.10. The Morgan fingerprint density at radius 1 is 0.465 bits per heavy atom. The summed E-state index contributed by atoms with van der Waals surface area (Å²) in [5, 5.41) is 5.10. The van der Waals surface area contributed by atoms with Gasteiger partial charge in [0, 0.05) is 32.9 Å². The summed E-state index contributed by atoms with van der Waals surface area (Å²) >= 11 is 0. The second-order valence-electron chi connectivity index (χ2n) is 11.9. The molecule has 8 aromatic rings. The predicted octanol–water partition coefficient (Wildman–Crippen LogP) is 11.1. The summed E-state index contributed by atoms with van der Waals surface area (Å²) in [6, 6.07) is 51.4. The quantitative estimate of drug-likeness (QED) is 0.193. The summed E-state index contributed by atoms with van der Waals surface area (Å²) in [6.07, 6.45) is 2.31. The average Bonchev–Trinajstić information content (AvgIpc) is 3.58. The number of hydrogen-bond acceptors (Lipinski definition) is 0. The number of fused-ring (bicyclic) bond motifs is 6. The smallest absolute Gasteiger partial charge is 0.0541 e. The SMILES string of the molecule is CCC(C)Cc1ccc(-c2cc(-n3c4ccccc4c4ccccc43)cc(-n3c4ccccc4c4ccccc43)c2)cc1. The molecule has 0 bridgehead atoms. The lowest BCUT2D eigenvalue weighted by Gasteiger charge is -2.16. The van der Waals surface area contributed by atoms with Gasteiger partial charge in [-0.05, 0) is 71.5 Å². The largest absolute Gasteiger partial charge is 0.309 e. The van der Waals surface area contributed by atoms with Gasteiger partial charge in [-0.2, -0.15) is 0 Å². The summed E-state index contributed by atoms with van der Waals surface area (Å²) in [5.74, 6) is 0.686. The summed E-state index contributed by atoms with van der Waals surface area (Å²) in [4.78, 5) is 0. The van der Waals surface area contributed by atoms with Gasteiger partial charge in [-0.25, -0.2) is 0 Å². The third-order valence-corrected chi connectivity index (χ3v) is 9.15. The lowest BCUT2D eigenvalue weighted by atomic mass is 9.96. The van der Waals surface area contributed by atoms with E-state index in [2.05, 4.69) is 163 Å². The summed E-state index contributed by atoms with van der Waals surface area (Å²) in [7, 11) is 0. The first-order valence-corrected chi connectivity index (χ1v) is 15.4. The third kappa shape index (κ3) is 4.25. The van der Waals surface area contributed by atoms with Gasteiger partial charge in [-0.15, -0.1) is 0 Å². The monoisotopic (exact) mass is 554 g/mol. The Kier molecular flexibility index (Phi) is 6.15. The van der Waals surface area contributed by atoms with E-state index < -0.39 is 0 Å². The van der Waals surface area contributed by atoms with Crippen molar-refractivity contribution in [2.24, 2.45) is 5.92 Å². The fourth-order valence-electron chi connectivity index (χ4n) is 6.80. The van der Waals surface area contributed by atoms with Crippen molar-refractivity contribution in [2.45, 2.75) is 26.7 Å². The van der Waals surface area contributed by atoms with Gasteiger partial charge >= 0.3 is 0 Å². The standard InChI is InChI=1S/C41H34N2/c1-3-28(2)24-29-20-22-30(23-21-29)31-25-32(42-38-16-8-4-12-34(38)35-13-5-9-17-39(35)42)27-33(26-31)43-40-18-10-6-14-36(40)37-15-7-11-19-41(37)43/h4-23,25-28H,3,24H2,1-2H3. The Morgan fingerprint density at radius 2 is 0.860 bits per heavy atom. The van der Waals surface area contributed by atoms with Crippen molar-refractivity contribution in [1.29, 1.82) is 0 Å². The van der Waals surface area contributed by atoms with E-state index in [9.17, 15) is 0 Å². The molecule has 208 valence electrons. The molecule has 0 spiro atoms. The van der Waals surface area contributed by atoms with Crippen LogP contribution in [0.3, 0.4) is 0 Å². The van der Waals surface area contributed by atoms with E-state index in [-0.39, 0.29) is 0 Å². The molecular formula is C41H34N2. The number of aromatic nitrogens is 2. The topological polar surface area (TPSA) is 9.86 Å². The molecule has 8 rings (SSSR count). The molecule has 0 saturated heterocycles. The molecule has 2 nitrogen and oxygen atoms in total. The van der Waals surface area contributed by atoms with Gasteiger partial charge in [0.25, 0.3) is 0 Å². The molecule has 0 fully saturated rings. The minimum Gasteiger partial charge on any atom is -0.309 e. The Morgan fingerprint density at radius 3 is 1.26 bits per heavy atom. The van der Waals surface area contributed by atoms with Crippen LogP contribution in [0.4, 0.5) is 0 Å². The van der Waals surface area contributed by atoms with E-state index in [0.717, 1.165) is 17.8 Å². The van der Waals surface area contributed by atoms with Crippen LogP contribution >= 0.6 is 0 Å². The molecule has 1 atom stereocenters. The zero-order chi connectivity index (χ0) is 28.9. The normalized spacial score (nSPS) is 12.5. The molecule has 0 aliphatic carbocycles. The maximum atomic E-state index is 2.43. The molecule has 2 heteroatoms. The number of benzene rings is 6. The molecular weight excluding hydrogens is 520 g/mol. The van der Waals surface area contributed by atoms with E-state index in [4.69, 9.17) is 0 Å². The Hall–Kier alpha value is -5.08. The molecule has 2 aromatic heterocycles. The molecule has 2 heterocycles. The van der Waals surface area contributed by atoms with Crippen LogP contribution in [0, 0.1) is 5.92 Å². The highest BCUT2D eigenvalue weighted by Gasteiger charge is 2.17. The average molecular weight is 555 g/mol. The molecule has 6 aromatic carbocycles. The molecule has 0 N–H and O–H groups in total. The van der Waals surface area contributed by atoms with Gasteiger partial charge in [0.1, 0.15) is 0 Å². The van der Waals surface area contributed by atoms with E-state index in [1.54, 1.807) is 0 Å². The summed E-state index contributed by atoms with van der Waals surface area (Å²) in [5.41, 5.74) is 11.1. The van der Waals surface area contributed by atoms with Gasteiger partial charge in [0.05, 0.1) is 22.1 Å². The zero-order valence-electron chi connectivity index (χ0n) is 24.7. The molecule has 0 saturated carbocycles. The van der Waals surface area contributed by atoms with Crippen molar-refractivity contribution in [1.82, 2.24) is 9.13 Å². The first-order chi connectivity index (χ1) is 21.2. The maximum Gasteiger partial charge on any atom is 0.0541 e. The van der Waals surface area contributed by atoms with Crippen molar-refractivity contribution in [3.05, 3.63) is 145 Å². The molecule has 0 aliphatic rings. The second kappa shape index (κ2) is 10.3. The van der Waals surface area contributed by atoms with E-state index in [0.29, 0.717) is 5.92 Å². The first kappa shape index (κ1) is 25.6. The van der Waals surface area contributed by atoms with Crippen molar-refractivity contribution >= 4 is 43.6 Å². The van der Waals surface area contributed by atoms with Crippen molar-refractivity contribution < 1.29 is 0 Å². The van der Waals surface area contributed by atoms with E-state index >= 15 is 0 Å². The highest BCUT2D eigenvalue weighted by atomic mass is 15.0. The van der Waals surface area contributed by atoms with Crippen LogP contribution in [-0.2, 0) is 6.42 Å². The molecule has 1 unspecified atom stereocenters. The summed E-state index contributed by atoms with van der Waals surface area (Å²) in [6.45, 7) is 4.61. The lowest BCUT2D eigenvalue weighted by molar-refractivity contribution is 0.560. The van der Waals surface area contributed by atoms with Crippen LogP contribution in [0.1, 0.15) is 25.8 Å². The predicted molar refractivity (Wildman–Crippen MR) is 184 cm³/mol. The van der Waals surface area contributed by atoms with Crippen LogP contribution in [0.15, 0.2) is 140 Å². The molecule has 0 amide bonds. The van der Waals surface area contributed by atoms with Crippen LogP contribution in [0.25, 0.3) is 66.1 Å². The third-order valence-electron chi connectivity index (χ3n) is 9.15. The first-order valence-electron chi connectivity index (χ1n) is 15.4. The van der Waals surface area contributed by atoms with Crippen LogP contribution in [0.5, 0.6) is 0 Å². The van der Waals surface area contributed by atoms with Crippen molar-refractivity contribution in [3.63, 3.8) is 0 Å². The van der Waals surface area contributed by atoms with Crippen LogP contribution < -0.4 is 0 Å². The number of hydrogen-bond donors (Lipinski definition) is 0. The van der Waals surface area contributed by atoms with Crippen molar-refractivity contribution in [3.8, 4) is 22.5 Å². The maximum absolute atomic E-state index is 2.43. The Balaban J connectivity index is 1.42. The molecule has 0 radical (unpaired) electrons. The van der Waals surface area contributed by atoms with Gasteiger partial charge in [-0.1, -0.05) is 117 Å². The minimum absolute atomic E-state index is 0.686. The van der Waals surface area contributed by atoms with Gasteiger partial charge in [0.2, 0.25) is 0 Å². The van der Waals surface area contributed by atoms with E-state index in [1.165, 1.54) is 66.7 Å². The second-order valence-corrected chi connectivity index (χ2v) is 11.9. The fraction of sp³-hybridized carbons (Fsp3) is 0.122. The molecule has 43 heavy (non-hydrogen) atoms. The van der Waals surface area contributed by atoms with E-state index in [1.807, 2.05) is 0 Å². The number of para-hydroxylation sites is 4. The molecule has 0 aliphatic heterocycles.